The predicted octanol–water partition coefficient (Wildman–Crippen LogP) is 4.05. The third-order valence-corrected chi connectivity index (χ3v) is 6.45. The third-order valence-electron chi connectivity index (χ3n) is 5.03. The van der Waals surface area contributed by atoms with Gasteiger partial charge in [0.2, 0.25) is 5.82 Å². The number of nitrogens with one attached hydrogen (secondary N) is 1. The Bertz CT molecular complexity index is 1550. The second-order valence-electron chi connectivity index (χ2n) is 7.29. The van der Waals surface area contributed by atoms with E-state index in [0.717, 1.165) is 5.56 Å². The molecule has 3 heterocycles. The van der Waals surface area contributed by atoms with Gasteiger partial charge in [0.1, 0.15) is 16.3 Å². The molecular formula is C24H20N6O3S. The van der Waals surface area contributed by atoms with Gasteiger partial charge in [0.05, 0.1) is 12.3 Å². The first-order chi connectivity index (χ1) is 16.5. The minimum atomic E-state index is -3.82. The van der Waals surface area contributed by atoms with Gasteiger partial charge < -0.3 is 4.74 Å². The van der Waals surface area contributed by atoms with Gasteiger partial charge in [0, 0.05) is 17.4 Å². The van der Waals surface area contributed by atoms with Gasteiger partial charge >= 0.3 is 0 Å². The van der Waals surface area contributed by atoms with Gasteiger partial charge in [-0.15, -0.1) is 10.2 Å². The molecule has 0 bridgehead atoms. The topological polar surface area (TPSA) is 111 Å². The fourth-order valence-electron chi connectivity index (χ4n) is 3.46. The fourth-order valence-corrected chi connectivity index (χ4v) is 4.67. The summed E-state index contributed by atoms with van der Waals surface area (Å²) in [5.74, 6) is 0.846. The number of benzene rings is 2. The van der Waals surface area contributed by atoms with Crippen molar-refractivity contribution in [3.63, 3.8) is 0 Å². The van der Waals surface area contributed by atoms with Gasteiger partial charge in [-0.2, -0.15) is 9.61 Å². The lowest BCUT2D eigenvalue weighted by atomic mass is 10.1. The lowest BCUT2D eigenvalue weighted by Crippen LogP contribution is -2.14. The molecule has 0 aliphatic heterocycles. The van der Waals surface area contributed by atoms with Crippen molar-refractivity contribution < 1.29 is 13.2 Å². The molecule has 5 aromatic rings. The van der Waals surface area contributed by atoms with E-state index in [9.17, 15) is 8.42 Å². The van der Waals surface area contributed by atoms with E-state index in [1.54, 1.807) is 60.1 Å². The monoisotopic (exact) mass is 472 g/mol. The van der Waals surface area contributed by atoms with Crippen LogP contribution in [0, 0.1) is 0 Å². The smallest absolute Gasteiger partial charge is 0.265 e. The molecule has 1 N–H and O–H groups in total. The van der Waals surface area contributed by atoms with Crippen LogP contribution in [0.25, 0.3) is 28.4 Å². The van der Waals surface area contributed by atoms with Crippen LogP contribution in [0.1, 0.15) is 6.92 Å². The normalized spacial score (nSPS) is 11.4. The van der Waals surface area contributed by atoms with Gasteiger partial charge in [-0.3, -0.25) is 9.71 Å². The number of aromatic nitrogens is 5. The van der Waals surface area contributed by atoms with Crippen molar-refractivity contribution in [1.29, 1.82) is 0 Å². The highest BCUT2D eigenvalue weighted by Gasteiger charge is 2.19. The fraction of sp³-hybridized carbons (Fsp3) is 0.0833. The van der Waals surface area contributed by atoms with Crippen LogP contribution in [0.15, 0.2) is 90.0 Å². The zero-order valence-corrected chi connectivity index (χ0v) is 19.0. The number of hydrogen-bond acceptors (Lipinski definition) is 7. The number of fused-ring (bicyclic) bond motifs is 1. The van der Waals surface area contributed by atoms with Crippen LogP contribution in [-0.2, 0) is 10.0 Å². The van der Waals surface area contributed by atoms with Crippen LogP contribution in [0.3, 0.4) is 0 Å². The molecule has 3 aromatic heterocycles. The third kappa shape index (κ3) is 4.18. The summed E-state index contributed by atoms with van der Waals surface area (Å²) in [5.41, 5.74) is 3.17. The van der Waals surface area contributed by atoms with Crippen LogP contribution in [-0.4, -0.2) is 39.8 Å². The van der Waals surface area contributed by atoms with Gasteiger partial charge in [0.25, 0.3) is 10.0 Å². The Hall–Kier alpha value is -4.31. The SMILES string of the molecule is CCOc1ccccc1S(=O)(=O)Nc1ccc(-c2ccc3nnc(-c4ccccn4)n3n2)cc1. The first kappa shape index (κ1) is 21.5. The molecule has 34 heavy (non-hydrogen) atoms. The molecule has 0 spiro atoms. The van der Waals surface area contributed by atoms with E-state index >= 15 is 0 Å². The highest BCUT2D eigenvalue weighted by Crippen LogP contribution is 2.27. The molecule has 10 heteroatoms. The summed E-state index contributed by atoms with van der Waals surface area (Å²) in [6.07, 6.45) is 1.69. The zero-order chi connectivity index (χ0) is 23.5. The molecule has 0 aliphatic rings. The number of para-hydroxylation sites is 1. The maximum Gasteiger partial charge on any atom is 0.265 e. The average molecular weight is 473 g/mol. The van der Waals surface area contributed by atoms with E-state index in [2.05, 4.69) is 25.0 Å². The second-order valence-corrected chi connectivity index (χ2v) is 8.94. The van der Waals surface area contributed by atoms with E-state index in [1.807, 2.05) is 30.3 Å². The van der Waals surface area contributed by atoms with E-state index < -0.39 is 10.0 Å². The molecular weight excluding hydrogens is 452 g/mol. The van der Waals surface area contributed by atoms with Gasteiger partial charge in [0.15, 0.2) is 5.65 Å². The Labute approximate surface area is 196 Å². The molecule has 0 saturated heterocycles. The second kappa shape index (κ2) is 8.91. The van der Waals surface area contributed by atoms with Crippen molar-refractivity contribution in [3.05, 3.63) is 85.1 Å². The Morgan fingerprint density at radius 3 is 2.44 bits per heavy atom. The number of nitrogens with zero attached hydrogens (tertiary/aromatic N) is 5. The lowest BCUT2D eigenvalue weighted by molar-refractivity contribution is 0.331. The van der Waals surface area contributed by atoms with E-state index in [-0.39, 0.29) is 4.90 Å². The molecule has 9 nitrogen and oxygen atoms in total. The maximum absolute atomic E-state index is 12.9. The molecule has 0 unspecified atom stereocenters. The summed E-state index contributed by atoms with van der Waals surface area (Å²) in [4.78, 5) is 4.41. The minimum absolute atomic E-state index is 0.0858. The molecule has 5 rings (SSSR count). The van der Waals surface area contributed by atoms with Crippen molar-refractivity contribution >= 4 is 21.4 Å². The number of anilines is 1. The van der Waals surface area contributed by atoms with Crippen LogP contribution in [0.4, 0.5) is 5.69 Å². The Morgan fingerprint density at radius 2 is 1.68 bits per heavy atom. The van der Waals surface area contributed by atoms with Crippen LogP contribution in [0.2, 0.25) is 0 Å². The van der Waals surface area contributed by atoms with Crippen LogP contribution in [0.5, 0.6) is 5.75 Å². The predicted molar refractivity (Wildman–Crippen MR) is 128 cm³/mol. The minimum Gasteiger partial charge on any atom is -0.492 e. The highest BCUT2D eigenvalue weighted by atomic mass is 32.2. The van der Waals surface area contributed by atoms with Crippen molar-refractivity contribution in [3.8, 4) is 28.5 Å². The van der Waals surface area contributed by atoms with Crippen LogP contribution < -0.4 is 9.46 Å². The number of ether oxygens (including phenoxy) is 1. The number of rotatable bonds is 7. The zero-order valence-electron chi connectivity index (χ0n) is 18.2. The molecule has 0 amide bonds. The van der Waals surface area contributed by atoms with Crippen molar-refractivity contribution in [2.75, 3.05) is 11.3 Å². The highest BCUT2D eigenvalue weighted by molar-refractivity contribution is 7.92. The number of hydrogen-bond donors (Lipinski definition) is 1. The molecule has 170 valence electrons. The van der Waals surface area contributed by atoms with E-state index in [4.69, 9.17) is 4.74 Å². The summed E-state index contributed by atoms with van der Waals surface area (Å²) < 4.78 is 35.5. The van der Waals surface area contributed by atoms with Gasteiger partial charge in [-0.05, 0) is 55.5 Å². The summed E-state index contributed by atoms with van der Waals surface area (Å²) >= 11 is 0. The summed E-state index contributed by atoms with van der Waals surface area (Å²) in [6.45, 7) is 2.17. The van der Waals surface area contributed by atoms with Gasteiger partial charge in [-0.25, -0.2) is 8.42 Å². The molecule has 0 aliphatic carbocycles. The Morgan fingerprint density at radius 1 is 0.882 bits per heavy atom. The maximum atomic E-state index is 12.9. The lowest BCUT2D eigenvalue weighted by Gasteiger charge is -2.12. The summed E-state index contributed by atoms with van der Waals surface area (Å²) in [7, 11) is -3.82. The first-order valence-electron chi connectivity index (χ1n) is 10.5. The Balaban J connectivity index is 1.42. The van der Waals surface area contributed by atoms with Gasteiger partial charge in [-0.1, -0.05) is 30.3 Å². The number of sulfonamides is 1. The molecule has 2 aromatic carbocycles. The first-order valence-corrected chi connectivity index (χ1v) is 12.0. The summed E-state index contributed by atoms with van der Waals surface area (Å²) in [5, 5.41) is 13.0. The standard InChI is InChI=1S/C24H20N6O3S/c1-2-33-21-8-3-4-9-22(21)34(31,32)29-18-12-10-17(11-13-18)19-14-15-23-26-27-24(30(23)28-19)20-7-5-6-16-25-20/h3-16,29H,2H2,1H3. The molecule has 0 saturated carbocycles. The van der Waals surface area contributed by atoms with E-state index in [0.29, 0.717) is 40.9 Å². The summed E-state index contributed by atoms with van der Waals surface area (Å²) in [6, 6.07) is 22.7. The Kier molecular flexibility index (Phi) is 5.64. The van der Waals surface area contributed by atoms with Crippen molar-refractivity contribution in [1.82, 2.24) is 24.8 Å². The average Bonchev–Trinajstić information content (AvgIpc) is 3.29. The molecule has 0 fully saturated rings. The molecule has 0 atom stereocenters. The van der Waals surface area contributed by atoms with Crippen LogP contribution >= 0.6 is 0 Å². The number of pyridine rings is 1. The molecule has 0 radical (unpaired) electrons. The van der Waals surface area contributed by atoms with E-state index in [1.165, 1.54) is 6.07 Å². The van der Waals surface area contributed by atoms with Crippen molar-refractivity contribution in [2.45, 2.75) is 11.8 Å². The quantitative estimate of drug-likeness (QED) is 0.380. The van der Waals surface area contributed by atoms with Crippen molar-refractivity contribution in [2.24, 2.45) is 0 Å². The largest absolute Gasteiger partial charge is 0.492 e.